The molecule has 5 heteroatoms. The number of halogens is 1. The number of aryl methyl sites for hydroxylation is 1. The van der Waals surface area contributed by atoms with Crippen molar-refractivity contribution < 1.29 is 9.53 Å². The maximum Gasteiger partial charge on any atom is 0.130 e. The Balaban J connectivity index is 2.26. The molecule has 0 aromatic carbocycles. The van der Waals surface area contributed by atoms with Crippen molar-refractivity contribution in [3.05, 3.63) is 33.9 Å². The number of rotatable bonds is 8. The van der Waals surface area contributed by atoms with E-state index in [-0.39, 0.29) is 5.78 Å². The fourth-order valence-electron chi connectivity index (χ4n) is 3.14. The molecule has 2 heterocycles. The maximum absolute atomic E-state index is 11.4. The minimum atomic E-state index is 0.199. The van der Waals surface area contributed by atoms with E-state index >= 15 is 0 Å². The van der Waals surface area contributed by atoms with Gasteiger partial charge in [0.2, 0.25) is 0 Å². The summed E-state index contributed by atoms with van der Waals surface area (Å²) in [6.45, 7) is 10.5. The molecule has 1 aromatic rings. The summed E-state index contributed by atoms with van der Waals surface area (Å²) in [5.74, 6) is 1.80. The smallest absolute Gasteiger partial charge is 0.130 e. The highest BCUT2D eigenvalue weighted by Crippen LogP contribution is 2.23. The Kier molecular flexibility index (Phi) is 8.11. The van der Waals surface area contributed by atoms with Crippen LogP contribution in [0.2, 0.25) is 0 Å². The first-order chi connectivity index (χ1) is 12.4. The van der Waals surface area contributed by atoms with Gasteiger partial charge in [0.05, 0.1) is 5.69 Å². The van der Waals surface area contributed by atoms with Crippen LogP contribution in [0.4, 0.5) is 0 Å². The summed E-state index contributed by atoms with van der Waals surface area (Å²) < 4.78 is 7.77. The molecule has 1 fully saturated rings. The molecule has 0 amide bonds. The summed E-state index contributed by atoms with van der Waals surface area (Å²) in [4.78, 5) is 16.3. The zero-order chi connectivity index (χ0) is 19.1. The Hall–Kier alpha value is -1.39. The van der Waals surface area contributed by atoms with E-state index in [1.54, 1.807) is 6.92 Å². The highest BCUT2D eigenvalue weighted by molar-refractivity contribution is 6.31. The molecule has 1 aliphatic heterocycles. The lowest BCUT2D eigenvalue weighted by atomic mass is 10.00. The van der Waals surface area contributed by atoms with E-state index in [2.05, 4.69) is 18.4 Å². The van der Waals surface area contributed by atoms with Crippen LogP contribution >= 0.6 is 11.6 Å². The van der Waals surface area contributed by atoms with Crippen molar-refractivity contribution in [1.82, 2.24) is 9.55 Å². The number of nitrogens with zero attached hydrogens (tertiary/aromatic N) is 2. The predicted molar refractivity (Wildman–Crippen MR) is 107 cm³/mol. The number of Topliss-reactive ketones (excluding diaryl/α,β-unsaturated/α-hetero) is 1. The standard InChI is InChI=1S/C21H31ClN2O2/c1-5-15(2)19(22)7-8-20-17(4)24(14-18-10-12-26-13-11-18)21(23-20)9-6-16(3)25/h7-8,18H,5-6,9-14H2,1-4H3/b8-7-,19-15-. The number of allylic oxidation sites excluding steroid dienone is 3. The molecule has 0 bridgehead atoms. The summed E-state index contributed by atoms with van der Waals surface area (Å²) >= 11 is 6.34. The number of aromatic nitrogens is 2. The lowest BCUT2D eigenvalue weighted by Crippen LogP contribution is -2.22. The minimum Gasteiger partial charge on any atom is -0.381 e. The number of carbonyl (C=O) groups is 1. The Morgan fingerprint density at radius 3 is 2.65 bits per heavy atom. The second kappa shape index (κ2) is 10.1. The van der Waals surface area contributed by atoms with E-state index in [4.69, 9.17) is 21.3 Å². The third-order valence-electron chi connectivity index (χ3n) is 5.14. The third kappa shape index (κ3) is 5.82. The molecule has 4 nitrogen and oxygen atoms in total. The van der Waals surface area contributed by atoms with Gasteiger partial charge in [-0.25, -0.2) is 4.98 Å². The van der Waals surface area contributed by atoms with Gasteiger partial charge in [-0.15, -0.1) is 0 Å². The Morgan fingerprint density at radius 2 is 2.04 bits per heavy atom. The summed E-state index contributed by atoms with van der Waals surface area (Å²) in [6, 6.07) is 0. The number of ketones is 1. The van der Waals surface area contributed by atoms with Crippen LogP contribution in [0.15, 0.2) is 16.7 Å². The SMILES string of the molecule is CC/C(C)=C(Cl)/C=C\c1nc(CCC(C)=O)n(CC2CCOCC2)c1C. The Bertz CT molecular complexity index is 682. The second-order valence-electron chi connectivity index (χ2n) is 7.18. The molecule has 0 atom stereocenters. The van der Waals surface area contributed by atoms with E-state index in [0.717, 1.165) is 61.3 Å². The van der Waals surface area contributed by atoms with Crippen LogP contribution in [0.25, 0.3) is 6.08 Å². The van der Waals surface area contributed by atoms with Gasteiger partial charge in [0.15, 0.2) is 0 Å². The van der Waals surface area contributed by atoms with Gasteiger partial charge >= 0.3 is 0 Å². The Labute approximate surface area is 162 Å². The fraction of sp³-hybridized carbons (Fsp3) is 0.619. The maximum atomic E-state index is 11.4. The average molecular weight is 379 g/mol. The molecule has 1 aliphatic rings. The largest absolute Gasteiger partial charge is 0.381 e. The van der Waals surface area contributed by atoms with Crippen LogP contribution in [0.5, 0.6) is 0 Å². The minimum absolute atomic E-state index is 0.199. The van der Waals surface area contributed by atoms with E-state index in [9.17, 15) is 4.79 Å². The number of carbonyl (C=O) groups excluding carboxylic acids is 1. The van der Waals surface area contributed by atoms with Gasteiger partial charge in [0.25, 0.3) is 0 Å². The lowest BCUT2D eigenvalue weighted by molar-refractivity contribution is -0.117. The van der Waals surface area contributed by atoms with Crippen molar-refractivity contribution in [2.75, 3.05) is 13.2 Å². The van der Waals surface area contributed by atoms with Gasteiger partial charge in [-0.3, -0.25) is 0 Å². The van der Waals surface area contributed by atoms with Crippen LogP contribution < -0.4 is 0 Å². The van der Waals surface area contributed by atoms with E-state index in [0.29, 0.717) is 18.8 Å². The van der Waals surface area contributed by atoms with Crippen molar-refractivity contribution in [3.8, 4) is 0 Å². The van der Waals surface area contributed by atoms with Gasteiger partial charge in [-0.2, -0.15) is 0 Å². The van der Waals surface area contributed by atoms with Crippen LogP contribution in [0.3, 0.4) is 0 Å². The lowest BCUT2D eigenvalue weighted by Gasteiger charge is -2.24. The van der Waals surface area contributed by atoms with E-state index < -0.39 is 0 Å². The molecule has 0 aliphatic carbocycles. The number of ether oxygens (including phenoxy) is 1. The molecular weight excluding hydrogens is 348 g/mol. The average Bonchev–Trinajstić information content (AvgIpc) is 2.93. The van der Waals surface area contributed by atoms with Gasteiger partial charge < -0.3 is 14.1 Å². The number of hydrogen-bond donors (Lipinski definition) is 0. The highest BCUT2D eigenvalue weighted by atomic mass is 35.5. The number of hydrogen-bond acceptors (Lipinski definition) is 3. The fourth-order valence-corrected chi connectivity index (χ4v) is 3.34. The molecule has 0 radical (unpaired) electrons. The normalized spacial score (nSPS) is 17.0. The zero-order valence-corrected chi connectivity index (χ0v) is 17.2. The van der Waals surface area contributed by atoms with Gasteiger partial charge in [0.1, 0.15) is 11.6 Å². The monoisotopic (exact) mass is 378 g/mol. The molecular formula is C21H31ClN2O2. The van der Waals surface area contributed by atoms with Crippen LogP contribution in [0, 0.1) is 12.8 Å². The first-order valence-corrected chi connectivity index (χ1v) is 9.96. The van der Waals surface area contributed by atoms with Gasteiger partial charge in [-0.05, 0) is 58.1 Å². The third-order valence-corrected chi connectivity index (χ3v) is 5.59. The Morgan fingerprint density at radius 1 is 1.35 bits per heavy atom. The molecule has 0 saturated carbocycles. The van der Waals surface area contributed by atoms with Crippen LogP contribution in [0.1, 0.15) is 63.7 Å². The zero-order valence-electron chi connectivity index (χ0n) is 16.5. The van der Waals surface area contributed by atoms with Crippen LogP contribution in [-0.2, 0) is 22.5 Å². The van der Waals surface area contributed by atoms with Crippen molar-refractivity contribution in [1.29, 1.82) is 0 Å². The second-order valence-corrected chi connectivity index (χ2v) is 7.59. The van der Waals surface area contributed by atoms with E-state index in [1.165, 1.54) is 5.57 Å². The summed E-state index contributed by atoms with van der Waals surface area (Å²) in [6.07, 6.45) is 8.24. The molecule has 0 spiro atoms. The summed E-state index contributed by atoms with van der Waals surface area (Å²) in [7, 11) is 0. The molecule has 1 aromatic heterocycles. The molecule has 144 valence electrons. The van der Waals surface area contributed by atoms with Crippen molar-refractivity contribution in [2.24, 2.45) is 5.92 Å². The molecule has 0 N–H and O–H groups in total. The van der Waals surface area contributed by atoms with Crippen LogP contribution in [-0.4, -0.2) is 28.5 Å². The van der Waals surface area contributed by atoms with Gasteiger partial charge in [-0.1, -0.05) is 24.1 Å². The van der Waals surface area contributed by atoms with E-state index in [1.807, 2.05) is 19.1 Å². The molecule has 1 saturated heterocycles. The van der Waals surface area contributed by atoms with Crippen molar-refractivity contribution in [3.63, 3.8) is 0 Å². The van der Waals surface area contributed by atoms with Crippen molar-refractivity contribution in [2.45, 2.75) is 66.3 Å². The summed E-state index contributed by atoms with van der Waals surface area (Å²) in [5, 5.41) is 0.774. The molecule has 26 heavy (non-hydrogen) atoms. The number of imidazole rings is 1. The molecule has 0 unspecified atom stereocenters. The summed E-state index contributed by atoms with van der Waals surface area (Å²) in [5.41, 5.74) is 3.25. The first kappa shape index (κ1) is 20.9. The highest BCUT2D eigenvalue weighted by Gasteiger charge is 2.19. The van der Waals surface area contributed by atoms with Gasteiger partial charge in [0, 0.05) is 43.3 Å². The topological polar surface area (TPSA) is 44.1 Å². The predicted octanol–water partition coefficient (Wildman–Crippen LogP) is 5.08. The van der Waals surface area contributed by atoms with Crippen molar-refractivity contribution >= 4 is 23.5 Å². The first-order valence-electron chi connectivity index (χ1n) is 9.58. The molecule has 2 rings (SSSR count). The quantitative estimate of drug-likeness (QED) is 0.593.